The van der Waals surface area contributed by atoms with Gasteiger partial charge in [0.2, 0.25) is 0 Å². The topological polar surface area (TPSA) is 89.9 Å². The third-order valence-corrected chi connectivity index (χ3v) is 10.5. The van der Waals surface area contributed by atoms with E-state index in [1.165, 1.54) is 0 Å². The van der Waals surface area contributed by atoms with E-state index in [0.29, 0.717) is 32.1 Å². The molecule has 2 bridgehead atoms. The SMILES string of the molecule is CC1O[C@@]2(C(=O)C(=O)O)CC[C@@]3(O1)[C@@H]1CCC4=CC(=O)CC[C@]4(C)[C@@]1(Cl)[C@@H](F)C[C@]23C. The highest BCUT2D eigenvalue weighted by Crippen LogP contribution is 2.76. The molecule has 0 amide bonds. The van der Waals surface area contributed by atoms with E-state index in [9.17, 15) is 19.5 Å². The fraction of sp³-hybridized carbons (Fsp3) is 0.783. The van der Waals surface area contributed by atoms with Crippen LogP contribution in [0.25, 0.3) is 0 Å². The molecule has 31 heavy (non-hydrogen) atoms. The first-order chi connectivity index (χ1) is 14.4. The Kier molecular flexibility index (Phi) is 4.29. The molecular formula is C23H28ClFO6. The van der Waals surface area contributed by atoms with Crippen molar-refractivity contribution in [1.29, 1.82) is 0 Å². The zero-order valence-corrected chi connectivity index (χ0v) is 18.8. The van der Waals surface area contributed by atoms with E-state index < -0.39 is 57.0 Å². The summed E-state index contributed by atoms with van der Waals surface area (Å²) in [4.78, 5) is 35.5. The highest BCUT2D eigenvalue weighted by Gasteiger charge is 2.83. The van der Waals surface area contributed by atoms with Gasteiger partial charge in [-0.2, -0.15) is 0 Å². The molecule has 1 unspecified atom stereocenters. The summed E-state index contributed by atoms with van der Waals surface area (Å²) >= 11 is 7.34. The van der Waals surface area contributed by atoms with Crippen LogP contribution in [0, 0.1) is 16.7 Å². The predicted molar refractivity (Wildman–Crippen MR) is 108 cm³/mol. The lowest BCUT2D eigenvalue weighted by atomic mass is 9.43. The number of carbonyl (C=O) groups is 3. The average Bonchev–Trinajstić information content (AvgIpc) is 2.82. The van der Waals surface area contributed by atoms with E-state index in [-0.39, 0.29) is 18.6 Å². The molecule has 4 fully saturated rings. The lowest BCUT2D eigenvalue weighted by molar-refractivity contribution is -0.366. The van der Waals surface area contributed by atoms with Crippen molar-refractivity contribution >= 4 is 29.1 Å². The molecular weight excluding hydrogens is 427 g/mol. The van der Waals surface area contributed by atoms with Gasteiger partial charge in [-0.25, -0.2) is 9.18 Å². The second-order valence-electron chi connectivity index (χ2n) is 10.5. The Balaban J connectivity index is 1.70. The van der Waals surface area contributed by atoms with Crippen molar-refractivity contribution in [2.24, 2.45) is 16.7 Å². The number of Topliss-reactive ketones (excluding diaryl/α,β-unsaturated/α-hetero) is 1. The standard InChI is InChI=1S/C23H28ClFO6/c1-12-30-21-8-9-22(31-12,17(27)18(28)29)20(21,3)11-16(25)23(24)15(21)5-4-13-10-14(26)6-7-19(13,23)2/h10,12,15-16H,4-9,11H2,1-3H3,(H,28,29)/t12?,15-,16-,19-,20-,21+,22+,23-/m0/s1. The van der Waals surface area contributed by atoms with Crippen LogP contribution in [0.4, 0.5) is 4.39 Å². The second-order valence-corrected chi connectivity index (χ2v) is 11.1. The summed E-state index contributed by atoms with van der Waals surface area (Å²) in [5, 5.41) is 9.58. The van der Waals surface area contributed by atoms with Crippen LogP contribution in [0.5, 0.6) is 0 Å². The molecule has 1 N–H and O–H groups in total. The number of carbonyl (C=O) groups excluding carboxylic acids is 2. The van der Waals surface area contributed by atoms with Gasteiger partial charge in [-0.1, -0.05) is 19.4 Å². The van der Waals surface area contributed by atoms with Gasteiger partial charge in [-0.3, -0.25) is 9.59 Å². The van der Waals surface area contributed by atoms with Crippen molar-refractivity contribution in [2.75, 3.05) is 0 Å². The Labute approximate surface area is 185 Å². The number of hydrogen-bond acceptors (Lipinski definition) is 5. The number of rotatable bonds is 2. The Bertz CT molecular complexity index is 935. The van der Waals surface area contributed by atoms with Gasteiger partial charge in [0, 0.05) is 23.2 Å². The highest BCUT2D eigenvalue weighted by atomic mass is 35.5. The summed E-state index contributed by atoms with van der Waals surface area (Å²) in [6.45, 7) is 5.35. The summed E-state index contributed by atoms with van der Waals surface area (Å²) in [6.07, 6.45) is 1.63. The molecule has 1 saturated heterocycles. The largest absolute Gasteiger partial charge is 0.475 e. The molecule has 4 aliphatic carbocycles. The number of aliphatic carboxylic acids is 1. The van der Waals surface area contributed by atoms with Crippen molar-refractivity contribution in [1.82, 2.24) is 0 Å². The number of carboxylic acids is 1. The fourth-order valence-electron chi connectivity index (χ4n) is 8.09. The molecule has 3 saturated carbocycles. The van der Waals surface area contributed by atoms with Gasteiger partial charge in [0.25, 0.3) is 5.78 Å². The maximum atomic E-state index is 16.3. The molecule has 6 nitrogen and oxygen atoms in total. The van der Waals surface area contributed by atoms with E-state index in [1.54, 1.807) is 19.9 Å². The van der Waals surface area contributed by atoms with Crippen molar-refractivity contribution in [3.8, 4) is 0 Å². The Morgan fingerprint density at radius 1 is 1.19 bits per heavy atom. The van der Waals surface area contributed by atoms with Gasteiger partial charge in [0.15, 0.2) is 12.1 Å². The average molecular weight is 455 g/mol. The maximum Gasteiger partial charge on any atom is 0.375 e. The molecule has 1 aliphatic heterocycles. The Morgan fingerprint density at radius 2 is 1.90 bits per heavy atom. The fourth-order valence-corrected chi connectivity index (χ4v) is 8.67. The van der Waals surface area contributed by atoms with Crippen molar-refractivity contribution in [2.45, 2.75) is 94.3 Å². The summed E-state index contributed by atoms with van der Waals surface area (Å²) in [7, 11) is 0. The van der Waals surface area contributed by atoms with Gasteiger partial charge in [0.1, 0.15) is 11.8 Å². The summed E-state index contributed by atoms with van der Waals surface area (Å²) in [5.41, 5.74) is -3.60. The number of carboxylic acid groups (broad SMARTS) is 1. The quantitative estimate of drug-likeness (QED) is 0.505. The van der Waals surface area contributed by atoms with Gasteiger partial charge < -0.3 is 14.6 Å². The minimum absolute atomic E-state index is 0.0447. The molecule has 5 aliphatic rings. The first-order valence-corrected chi connectivity index (χ1v) is 11.5. The summed E-state index contributed by atoms with van der Waals surface area (Å²) in [6, 6.07) is 0. The summed E-state index contributed by atoms with van der Waals surface area (Å²) < 4.78 is 28.7. The molecule has 0 spiro atoms. The third kappa shape index (κ3) is 2.19. The molecule has 0 aromatic rings. The molecule has 8 atom stereocenters. The predicted octanol–water partition coefficient (Wildman–Crippen LogP) is 3.74. The number of hydrogen-bond donors (Lipinski definition) is 1. The van der Waals surface area contributed by atoms with Gasteiger partial charge >= 0.3 is 5.97 Å². The molecule has 1 heterocycles. The number of halogens is 2. The number of allylic oxidation sites excluding steroid dienone is 1. The Hall–Kier alpha value is -1.31. The molecule has 0 aromatic heterocycles. The van der Waals surface area contributed by atoms with Crippen LogP contribution in [0.3, 0.4) is 0 Å². The van der Waals surface area contributed by atoms with E-state index in [2.05, 4.69) is 0 Å². The van der Waals surface area contributed by atoms with E-state index in [4.69, 9.17) is 21.1 Å². The number of alkyl halides is 2. The highest BCUT2D eigenvalue weighted by molar-refractivity contribution is 6.36. The number of ketones is 2. The van der Waals surface area contributed by atoms with Crippen molar-refractivity contribution < 1.29 is 33.4 Å². The third-order valence-electron chi connectivity index (χ3n) is 9.55. The summed E-state index contributed by atoms with van der Waals surface area (Å²) in [5.74, 6) is -3.01. The first-order valence-electron chi connectivity index (χ1n) is 11.1. The first kappa shape index (κ1) is 21.5. The number of ether oxygens (including phenoxy) is 2. The van der Waals surface area contributed by atoms with E-state index >= 15 is 4.39 Å². The van der Waals surface area contributed by atoms with Crippen LogP contribution in [-0.4, -0.2) is 51.2 Å². The normalized spacial score (nSPS) is 53.1. The zero-order chi connectivity index (χ0) is 22.6. The minimum Gasteiger partial charge on any atom is -0.475 e. The van der Waals surface area contributed by atoms with Crippen LogP contribution in [-0.2, 0) is 23.9 Å². The second kappa shape index (κ2) is 6.17. The van der Waals surface area contributed by atoms with Crippen molar-refractivity contribution in [3.05, 3.63) is 11.6 Å². The molecule has 170 valence electrons. The lowest BCUT2D eigenvalue weighted by Crippen LogP contribution is -2.78. The molecule has 5 rings (SSSR count). The van der Waals surface area contributed by atoms with Crippen LogP contribution in [0.1, 0.15) is 65.7 Å². The molecule has 0 aromatic carbocycles. The van der Waals surface area contributed by atoms with Crippen LogP contribution in [0.2, 0.25) is 0 Å². The lowest BCUT2D eigenvalue weighted by Gasteiger charge is -2.69. The van der Waals surface area contributed by atoms with Crippen LogP contribution >= 0.6 is 11.6 Å². The van der Waals surface area contributed by atoms with Crippen LogP contribution in [0.15, 0.2) is 11.6 Å². The Morgan fingerprint density at radius 3 is 2.58 bits per heavy atom. The van der Waals surface area contributed by atoms with Gasteiger partial charge in [0.05, 0.1) is 10.5 Å². The molecule has 0 radical (unpaired) electrons. The van der Waals surface area contributed by atoms with Crippen LogP contribution < -0.4 is 0 Å². The number of fused-ring (bicyclic) bond motifs is 3. The van der Waals surface area contributed by atoms with Crippen molar-refractivity contribution in [3.63, 3.8) is 0 Å². The van der Waals surface area contributed by atoms with Gasteiger partial charge in [-0.15, -0.1) is 11.6 Å². The van der Waals surface area contributed by atoms with E-state index in [0.717, 1.165) is 5.57 Å². The monoisotopic (exact) mass is 454 g/mol. The van der Waals surface area contributed by atoms with E-state index in [1.807, 2.05) is 6.92 Å². The minimum atomic E-state index is -1.64. The molecule has 8 heteroatoms. The van der Waals surface area contributed by atoms with Gasteiger partial charge in [-0.05, 0) is 51.5 Å². The smallest absolute Gasteiger partial charge is 0.375 e. The zero-order valence-electron chi connectivity index (χ0n) is 18.0. The maximum absolute atomic E-state index is 16.3.